The Hall–Kier alpha value is -2.48. The maximum Gasteiger partial charge on any atom is 0.251 e. The summed E-state index contributed by atoms with van der Waals surface area (Å²) in [6.07, 6.45) is 5.12. The van der Waals surface area contributed by atoms with Gasteiger partial charge in [-0.3, -0.25) is 4.79 Å². The van der Waals surface area contributed by atoms with Gasteiger partial charge in [0.1, 0.15) is 12.4 Å². The summed E-state index contributed by atoms with van der Waals surface area (Å²) >= 11 is 5.84. The van der Waals surface area contributed by atoms with E-state index in [1.165, 1.54) is 0 Å². The van der Waals surface area contributed by atoms with Crippen LogP contribution in [0.4, 0.5) is 0 Å². The Morgan fingerprint density at radius 3 is 2.43 bits per heavy atom. The fraction of sp³-hybridized carbons (Fsp3) is 0.167. The molecular formula is C18H16ClNO3. The van der Waals surface area contributed by atoms with Gasteiger partial charge in [-0.25, -0.2) is 0 Å². The van der Waals surface area contributed by atoms with Gasteiger partial charge in [0.05, 0.1) is 12.6 Å². The number of ether oxygens (including phenoxy) is 1. The van der Waals surface area contributed by atoms with E-state index < -0.39 is 6.04 Å². The van der Waals surface area contributed by atoms with Crippen LogP contribution >= 0.6 is 11.6 Å². The smallest absolute Gasteiger partial charge is 0.251 e. The molecule has 0 aliphatic rings. The lowest BCUT2D eigenvalue weighted by Crippen LogP contribution is -2.30. The molecule has 5 heteroatoms. The minimum absolute atomic E-state index is 0.175. The SMILES string of the molecule is C#CCOc1ccc(C(=O)NC(CO)c2ccc(Cl)cc2)cc1. The van der Waals surface area contributed by atoms with Gasteiger partial charge in [0.25, 0.3) is 5.91 Å². The van der Waals surface area contributed by atoms with Crippen molar-refractivity contribution in [3.05, 3.63) is 64.7 Å². The summed E-state index contributed by atoms with van der Waals surface area (Å²) in [6, 6.07) is 13.1. The Bertz CT molecular complexity index is 690. The first-order chi connectivity index (χ1) is 11.1. The van der Waals surface area contributed by atoms with Crippen LogP contribution in [-0.4, -0.2) is 24.2 Å². The highest BCUT2D eigenvalue weighted by atomic mass is 35.5. The summed E-state index contributed by atoms with van der Waals surface area (Å²) < 4.78 is 5.25. The van der Waals surface area contributed by atoms with Crippen LogP contribution in [0.3, 0.4) is 0 Å². The molecule has 0 saturated carbocycles. The molecule has 2 aromatic rings. The van der Waals surface area contributed by atoms with E-state index in [4.69, 9.17) is 22.8 Å². The van der Waals surface area contributed by atoms with Gasteiger partial charge >= 0.3 is 0 Å². The van der Waals surface area contributed by atoms with Crippen molar-refractivity contribution in [2.45, 2.75) is 6.04 Å². The Kier molecular flexibility index (Phi) is 6.04. The number of carbonyl (C=O) groups is 1. The van der Waals surface area contributed by atoms with Crippen LogP contribution in [0.5, 0.6) is 5.75 Å². The quantitative estimate of drug-likeness (QED) is 0.801. The molecule has 1 amide bonds. The molecule has 1 unspecified atom stereocenters. The van der Waals surface area contributed by atoms with E-state index in [1.54, 1.807) is 48.5 Å². The second-order valence-electron chi connectivity index (χ2n) is 4.78. The molecule has 0 saturated heterocycles. The van der Waals surface area contributed by atoms with E-state index in [2.05, 4.69) is 11.2 Å². The summed E-state index contributed by atoms with van der Waals surface area (Å²) in [4.78, 5) is 12.3. The fourth-order valence-electron chi connectivity index (χ4n) is 2.00. The topological polar surface area (TPSA) is 58.6 Å². The van der Waals surface area contributed by atoms with Crippen LogP contribution < -0.4 is 10.1 Å². The summed E-state index contributed by atoms with van der Waals surface area (Å²) in [5, 5.41) is 12.9. The van der Waals surface area contributed by atoms with Gasteiger partial charge in [-0.1, -0.05) is 29.7 Å². The lowest BCUT2D eigenvalue weighted by atomic mass is 10.1. The average molecular weight is 330 g/mol. The van der Waals surface area contributed by atoms with Gasteiger partial charge in [0.15, 0.2) is 0 Å². The zero-order chi connectivity index (χ0) is 16.7. The maximum atomic E-state index is 12.3. The highest BCUT2D eigenvalue weighted by molar-refractivity contribution is 6.30. The molecule has 0 spiro atoms. The first-order valence-electron chi connectivity index (χ1n) is 6.97. The van der Waals surface area contributed by atoms with Crippen LogP contribution in [-0.2, 0) is 0 Å². The largest absolute Gasteiger partial charge is 0.481 e. The van der Waals surface area contributed by atoms with Crippen molar-refractivity contribution in [3.63, 3.8) is 0 Å². The number of aliphatic hydroxyl groups is 1. The van der Waals surface area contributed by atoms with Gasteiger partial charge < -0.3 is 15.2 Å². The molecule has 0 fully saturated rings. The number of hydrogen-bond acceptors (Lipinski definition) is 3. The predicted octanol–water partition coefficient (Wildman–Crippen LogP) is 2.82. The van der Waals surface area contributed by atoms with E-state index >= 15 is 0 Å². The third kappa shape index (κ3) is 4.75. The normalized spacial score (nSPS) is 11.3. The lowest BCUT2D eigenvalue weighted by Gasteiger charge is -2.17. The number of rotatable bonds is 6. The molecule has 4 nitrogen and oxygen atoms in total. The zero-order valence-corrected chi connectivity index (χ0v) is 13.1. The van der Waals surface area contributed by atoms with Gasteiger partial charge in [-0.05, 0) is 42.0 Å². The first kappa shape index (κ1) is 16.9. The molecular weight excluding hydrogens is 314 g/mol. The minimum Gasteiger partial charge on any atom is -0.481 e. The molecule has 0 aliphatic heterocycles. The molecule has 0 bridgehead atoms. The standard InChI is InChI=1S/C18H16ClNO3/c1-2-11-23-16-9-5-14(6-10-16)18(22)20-17(12-21)13-3-7-15(19)8-4-13/h1,3-10,17,21H,11-12H2,(H,20,22). The third-order valence-electron chi connectivity index (χ3n) is 3.20. The second-order valence-corrected chi connectivity index (χ2v) is 5.21. The van der Waals surface area contributed by atoms with Crippen LogP contribution in [0.1, 0.15) is 22.0 Å². The molecule has 0 radical (unpaired) electrons. The van der Waals surface area contributed by atoms with Crippen LogP contribution in [0.15, 0.2) is 48.5 Å². The molecule has 2 rings (SSSR count). The summed E-state index contributed by atoms with van der Waals surface area (Å²) in [5.41, 5.74) is 1.24. The predicted molar refractivity (Wildman–Crippen MR) is 89.5 cm³/mol. The number of amides is 1. The Morgan fingerprint density at radius 1 is 1.22 bits per heavy atom. The van der Waals surface area contributed by atoms with Crippen molar-refractivity contribution in [3.8, 4) is 18.1 Å². The highest BCUT2D eigenvalue weighted by Crippen LogP contribution is 2.18. The first-order valence-corrected chi connectivity index (χ1v) is 7.35. The number of halogens is 1. The van der Waals surface area contributed by atoms with Gasteiger partial charge in [0.2, 0.25) is 0 Å². The fourth-order valence-corrected chi connectivity index (χ4v) is 2.12. The maximum absolute atomic E-state index is 12.3. The van der Waals surface area contributed by atoms with Crippen LogP contribution in [0, 0.1) is 12.3 Å². The molecule has 23 heavy (non-hydrogen) atoms. The van der Waals surface area contributed by atoms with Crippen LogP contribution in [0.2, 0.25) is 5.02 Å². The van der Waals surface area contributed by atoms with Crippen LogP contribution in [0.25, 0.3) is 0 Å². The molecule has 118 valence electrons. The Labute approximate surface area is 140 Å². The third-order valence-corrected chi connectivity index (χ3v) is 3.45. The van der Waals surface area contributed by atoms with E-state index in [0.717, 1.165) is 5.56 Å². The monoisotopic (exact) mass is 329 g/mol. The summed E-state index contributed by atoms with van der Waals surface area (Å²) in [5.74, 6) is 2.67. The van der Waals surface area contributed by atoms with E-state index in [-0.39, 0.29) is 19.1 Å². The van der Waals surface area contributed by atoms with E-state index in [1.807, 2.05) is 0 Å². The van der Waals surface area contributed by atoms with Crippen molar-refractivity contribution < 1.29 is 14.6 Å². The van der Waals surface area contributed by atoms with E-state index in [0.29, 0.717) is 16.3 Å². The van der Waals surface area contributed by atoms with Crippen molar-refractivity contribution in [2.24, 2.45) is 0 Å². The van der Waals surface area contributed by atoms with Crippen molar-refractivity contribution in [2.75, 3.05) is 13.2 Å². The highest BCUT2D eigenvalue weighted by Gasteiger charge is 2.15. The van der Waals surface area contributed by atoms with E-state index in [9.17, 15) is 9.90 Å². The molecule has 0 aliphatic carbocycles. The van der Waals surface area contributed by atoms with Crippen molar-refractivity contribution >= 4 is 17.5 Å². The minimum atomic E-state index is -0.503. The number of hydrogen-bond donors (Lipinski definition) is 2. The second kappa shape index (κ2) is 8.23. The van der Waals surface area contributed by atoms with Gasteiger partial charge in [-0.2, -0.15) is 0 Å². The molecule has 2 N–H and O–H groups in total. The molecule has 2 aromatic carbocycles. The number of carbonyl (C=O) groups excluding carboxylic acids is 1. The van der Waals surface area contributed by atoms with Crippen molar-refractivity contribution in [1.82, 2.24) is 5.32 Å². The number of terminal acetylenes is 1. The summed E-state index contributed by atoms with van der Waals surface area (Å²) in [7, 11) is 0. The molecule has 0 heterocycles. The molecule has 1 atom stereocenters. The van der Waals surface area contributed by atoms with Crippen molar-refractivity contribution in [1.29, 1.82) is 0 Å². The number of aliphatic hydroxyl groups excluding tert-OH is 1. The van der Waals surface area contributed by atoms with Gasteiger partial charge in [-0.15, -0.1) is 6.42 Å². The number of nitrogens with one attached hydrogen (secondary N) is 1. The number of benzene rings is 2. The Balaban J connectivity index is 2.04. The molecule has 0 aromatic heterocycles. The zero-order valence-electron chi connectivity index (χ0n) is 12.3. The van der Waals surface area contributed by atoms with Gasteiger partial charge in [0, 0.05) is 10.6 Å². The summed E-state index contributed by atoms with van der Waals surface area (Å²) in [6.45, 7) is -0.0363. The Morgan fingerprint density at radius 2 is 1.87 bits per heavy atom. The average Bonchev–Trinajstić information content (AvgIpc) is 2.59. The lowest BCUT2D eigenvalue weighted by molar-refractivity contribution is 0.0916.